The molecule has 5 nitrogen and oxygen atoms in total. The number of rotatable bonds is 7. The second-order valence-corrected chi connectivity index (χ2v) is 28.0. The highest BCUT2D eigenvalue weighted by Gasteiger charge is 2.37. The van der Waals surface area contributed by atoms with Crippen molar-refractivity contribution in [3.05, 3.63) is 320 Å². The summed E-state index contributed by atoms with van der Waals surface area (Å²) >= 11 is 0. The molecule has 0 aliphatic heterocycles. The van der Waals surface area contributed by atoms with E-state index >= 15 is 0 Å². The van der Waals surface area contributed by atoms with E-state index in [1.807, 2.05) is 0 Å². The first-order valence-corrected chi connectivity index (χ1v) is 33.9. The molecule has 4 heterocycles. The molecular formula is C92H61N5. The highest BCUT2D eigenvalue weighted by atomic mass is 15.0. The van der Waals surface area contributed by atoms with Crippen LogP contribution in [0.3, 0.4) is 0 Å². The van der Waals surface area contributed by atoms with Crippen LogP contribution in [-0.4, -0.2) is 23.7 Å². The van der Waals surface area contributed by atoms with Gasteiger partial charge in [0, 0.05) is 82.5 Å². The van der Waals surface area contributed by atoms with Crippen molar-refractivity contribution in [2.45, 2.75) is 38.5 Å². The Morgan fingerprint density at radius 2 is 0.660 bits per heavy atom. The highest BCUT2D eigenvalue weighted by Crippen LogP contribution is 2.54. The average molecular weight is 1240 g/mol. The SMILES string of the molecule is CC1(C)c2ccccc2-c2ccc(-n3c4ccccc4c4cc(-c5ccc6c7ccc(-c8ccc9c(c8)c8ccccc8n9-c8ccc9c(c8)C(C)(C)c8ccccc8-9)cc7n(-c7ccc(-c8nc(-c9ccccc9)nc9c8-c8cccc%10cccc-9c8%10)cc7)c6c5)ccc43)cc21. The summed E-state index contributed by atoms with van der Waals surface area (Å²) in [4.78, 5) is 10.9. The second-order valence-electron chi connectivity index (χ2n) is 28.0. The molecule has 4 aromatic heterocycles. The van der Waals surface area contributed by atoms with Crippen molar-refractivity contribution >= 4 is 76.2 Å². The Morgan fingerprint density at radius 3 is 1.23 bits per heavy atom. The Labute approximate surface area is 561 Å². The van der Waals surface area contributed by atoms with E-state index in [9.17, 15) is 0 Å². The first-order chi connectivity index (χ1) is 47.6. The number of fused-ring (bicyclic) bond motifs is 18. The molecule has 3 aliphatic rings. The van der Waals surface area contributed by atoms with Crippen LogP contribution in [0.1, 0.15) is 49.9 Å². The molecule has 0 N–H and O–H groups in total. The molecule has 18 aromatic rings. The number of aromatic nitrogens is 5. The van der Waals surface area contributed by atoms with Gasteiger partial charge in [0.05, 0.1) is 44.5 Å². The number of para-hydroxylation sites is 2. The minimum Gasteiger partial charge on any atom is -0.309 e. The van der Waals surface area contributed by atoms with Crippen LogP contribution in [0.5, 0.6) is 0 Å². The Balaban J connectivity index is 0.732. The Kier molecular flexibility index (Phi) is 11.0. The smallest absolute Gasteiger partial charge is 0.160 e. The maximum absolute atomic E-state index is 5.49. The molecule has 0 bridgehead atoms. The van der Waals surface area contributed by atoms with Crippen molar-refractivity contribution in [2.24, 2.45) is 0 Å². The van der Waals surface area contributed by atoms with Crippen molar-refractivity contribution < 1.29 is 0 Å². The Bertz CT molecular complexity index is 6200. The van der Waals surface area contributed by atoms with Crippen LogP contribution < -0.4 is 0 Å². The van der Waals surface area contributed by atoms with E-state index in [4.69, 9.17) is 9.97 Å². The van der Waals surface area contributed by atoms with Gasteiger partial charge in [-0.05, 0) is 168 Å². The van der Waals surface area contributed by atoms with Crippen LogP contribution in [-0.2, 0) is 10.8 Å². The molecule has 0 fully saturated rings. The molecule has 3 aliphatic carbocycles. The van der Waals surface area contributed by atoms with E-state index < -0.39 is 0 Å². The highest BCUT2D eigenvalue weighted by molar-refractivity contribution is 6.18. The summed E-state index contributed by atoms with van der Waals surface area (Å²) in [6.45, 7) is 9.47. The standard InChI is InChI=1S/C92H61N5/c1-91(2)76-28-12-8-22-64(76)66-44-40-62(52-78(66)91)96-80-30-14-10-24-68(80)74-48-57(36-46-82(74)96)59-34-42-70-71-43-35-60(58-37-47-83-75(49-58)69-25-11-15-31-81(69)97(83)63-41-45-67-65-23-9-13-29-77(65)92(3,4)79(67)53-63)51-85(71)95(84(70)50-59)61-38-32-55(33-39-61)88-87-72-26-16-20-54-21-17-27-73(86(54)72)89(87)94-90(93-88)56-18-6-5-7-19-56/h5-53H,1-4H3. The van der Waals surface area contributed by atoms with Crippen LogP contribution in [0.4, 0.5) is 0 Å². The third-order valence-corrected chi connectivity index (χ3v) is 22.2. The lowest BCUT2D eigenvalue weighted by molar-refractivity contribution is 0.660. The molecular weight excluding hydrogens is 1180 g/mol. The molecule has 0 spiro atoms. The van der Waals surface area contributed by atoms with Crippen LogP contribution in [0.15, 0.2) is 297 Å². The quantitative estimate of drug-likeness (QED) is 0.160. The van der Waals surface area contributed by atoms with Gasteiger partial charge >= 0.3 is 0 Å². The molecule has 0 radical (unpaired) electrons. The van der Waals surface area contributed by atoms with Crippen LogP contribution in [0.2, 0.25) is 0 Å². The lowest BCUT2D eigenvalue weighted by Gasteiger charge is -2.22. The zero-order chi connectivity index (χ0) is 64.2. The first-order valence-electron chi connectivity index (χ1n) is 33.9. The monoisotopic (exact) mass is 1240 g/mol. The Hall–Kier alpha value is -12.2. The third-order valence-electron chi connectivity index (χ3n) is 22.2. The van der Waals surface area contributed by atoms with Gasteiger partial charge in [-0.25, -0.2) is 9.97 Å². The fourth-order valence-electron chi connectivity index (χ4n) is 17.5. The van der Waals surface area contributed by atoms with E-state index in [0.29, 0.717) is 5.82 Å². The number of benzene rings is 14. The van der Waals surface area contributed by atoms with Crippen molar-refractivity contribution in [3.63, 3.8) is 0 Å². The largest absolute Gasteiger partial charge is 0.309 e. The van der Waals surface area contributed by atoms with Crippen LogP contribution in [0.25, 0.3) is 183 Å². The topological polar surface area (TPSA) is 40.6 Å². The average Bonchev–Trinajstić information content (AvgIpc) is 1.59. The normalized spacial score (nSPS) is 13.7. The number of hydrogen-bond acceptors (Lipinski definition) is 2. The maximum Gasteiger partial charge on any atom is 0.160 e. The molecule has 0 atom stereocenters. The predicted molar refractivity (Wildman–Crippen MR) is 404 cm³/mol. The summed E-state index contributed by atoms with van der Waals surface area (Å²) in [6, 6.07) is 111. The lowest BCUT2D eigenvalue weighted by atomic mass is 9.82. The molecule has 0 amide bonds. The summed E-state index contributed by atoms with van der Waals surface area (Å²) in [6.07, 6.45) is 0. The van der Waals surface area contributed by atoms with Crippen LogP contribution >= 0.6 is 0 Å². The molecule has 14 aromatic carbocycles. The fraction of sp³-hybridized carbons (Fsp3) is 0.0652. The minimum atomic E-state index is -0.113. The molecule has 21 rings (SSSR count). The second kappa shape index (κ2) is 19.7. The molecule has 0 saturated carbocycles. The number of nitrogens with zero attached hydrogens (tertiary/aromatic N) is 5. The summed E-state index contributed by atoms with van der Waals surface area (Å²) in [5.41, 5.74) is 33.0. The number of hydrogen-bond donors (Lipinski definition) is 0. The van der Waals surface area contributed by atoms with Gasteiger partial charge in [0.2, 0.25) is 0 Å². The van der Waals surface area contributed by atoms with Gasteiger partial charge in [-0.15, -0.1) is 0 Å². The van der Waals surface area contributed by atoms with Crippen LogP contribution in [0, 0.1) is 0 Å². The predicted octanol–water partition coefficient (Wildman–Crippen LogP) is 23.8. The van der Waals surface area contributed by atoms with Gasteiger partial charge in [-0.2, -0.15) is 0 Å². The molecule has 5 heteroatoms. The van der Waals surface area contributed by atoms with E-state index in [-0.39, 0.29) is 10.8 Å². The van der Waals surface area contributed by atoms with E-state index in [0.717, 1.165) is 61.5 Å². The molecule has 0 unspecified atom stereocenters. The van der Waals surface area contributed by atoms with Gasteiger partial charge in [0.15, 0.2) is 5.82 Å². The molecule has 97 heavy (non-hydrogen) atoms. The fourth-order valence-corrected chi connectivity index (χ4v) is 17.5. The summed E-state index contributed by atoms with van der Waals surface area (Å²) in [5, 5.41) is 9.74. The van der Waals surface area contributed by atoms with Crippen molar-refractivity contribution in [1.82, 2.24) is 23.7 Å². The van der Waals surface area contributed by atoms with Gasteiger partial charge in [-0.3, -0.25) is 0 Å². The van der Waals surface area contributed by atoms with E-state index in [1.165, 1.54) is 138 Å². The van der Waals surface area contributed by atoms with E-state index in [2.05, 4.69) is 339 Å². The van der Waals surface area contributed by atoms with Gasteiger partial charge in [0.1, 0.15) is 0 Å². The van der Waals surface area contributed by atoms with Gasteiger partial charge < -0.3 is 13.7 Å². The van der Waals surface area contributed by atoms with Crippen molar-refractivity contribution in [1.29, 1.82) is 0 Å². The third kappa shape index (κ3) is 7.59. The summed E-state index contributed by atoms with van der Waals surface area (Å²) < 4.78 is 7.43. The summed E-state index contributed by atoms with van der Waals surface area (Å²) in [5.74, 6) is 0.716. The van der Waals surface area contributed by atoms with Crippen molar-refractivity contribution in [2.75, 3.05) is 0 Å². The zero-order valence-corrected chi connectivity index (χ0v) is 54.0. The zero-order valence-electron chi connectivity index (χ0n) is 54.0. The van der Waals surface area contributed by atoms with Gasteiger partial charge in [0.25, 0.3) is 0 Å². The van der Waals surface area contributed by atoms with Crippen molar-refractivity contribution in [3.8, 4) is 107 Å². The lowest BCUT2D eigenvalue weighted by Crippen LogP contribution is -2.15. The Morgan fingerprint density at radius 1 is 0.247 bits per heavy atom. The minimum absolute atomic E-state index is 0.113. The molecule has 0 saturated heterocycles. The van der Waals surface area contributed by atoms with E-state index in [1.54, 1.807) is 0 Å². The van der Waals surface area contributed by atoms with Gasteiger partial charge in [-0.1, -0.05) is 240 Å². The molecule has 454 valence electrons. The maximum atomic E-state index is 5.49. The first kappa shape index (κ1) is 54.2. The summed E-state index contributed by atoms with van der Waals surface area (Å²) in [7, 11) is 0.